The van der Waals surface area contributed by atoms with Gasteiger partial charge in [-0.2, -0.15) is 0 Å². The molecule has 0 heterocycles. The molecule has 0 fully saturated rings. The number of ether oxygens (including phenoxy) is 2. The van der Waals surface area contributed by atoms with Crippen molar-refractivity contribution in [1.29, 1.82) is 0 Å². The van der Waals surface area contributed by atoms with Crippen LogP contribution in [0, 0.1) is 21.7 Å². The van der Waals surface area contributed by atoms with Crippen LogP contribution in [0.25, 0.3) is 0 Å². The van der Waals surface area contributed by atoms with Crippen LogP contribution in [0.3, 0.4) is 0 Å². The van der Waals surface area contributed by atoms with Gasteiger partial charge in [-0.15, -0.1) is 0 Å². The fourth-order valence-electron chi connectivity index (χ4n) is 15.1. The normalized spacial score (nSPS) is 13.8. The molecule has 86 heavy (non-hydrogen) atoms. The van der Waals surface area contributed by atoms with Crippen LogP contribution in [0.5, 0.6) is 11.5 Å². The minimum absolute atomic E-state index is 0.00438. The van der Waals surface area contributed by atoms with E-state index in [1.54, 1.807) is 0 Å². The molecule has 2 amide bonds. The Hall–Kier alpha value is -5.64. The molecule has 2 N–H and O–H groups in total. The van der Waals surface area contributed by atoms with E-state index in [4.69, 9.17) is 9.47 Å². The number of carboxylic acid groups (broad SMARTS) is 2. The first-order chi connectivity index (χ1) is 39.3. The van der Waals surface area contributed by atoms with Crippen LogP contribution >= 0.6 is 0 Å². The van der Waals surface area contributed by atoms with Crippen molar-refractivity contribution in [1.82, 2.24) is 9.80 Å². The maximum absolute atomic E-state index is 15.0. The number of carbonyl (C=O) groups excluding carboxylic acids is 2. The highest BCUT2D eigenvalue weighted by Crippen LogP contribution is 2.47. The number of carbonyl (C=O) groups is 4. The summed E-state index contributed by atoms with van der Waals surface area (Å²) >= 11 is 0. The average molecular weight is 1180 g/mol. The maximum atomic E-state index is 15.0. The first-order valence-electron chi connectivity index (χ1n) is 32.2. The molecule has 0 saturated carbocycles. The van der Waals surface area contributed by atoms with Gasteiger partial charge in [0.25, 0.3) is 0 Å². The summed E-state index contributed by atoms with van der Waals surface area (Å²) in [6.07, 6.45) is 4.88. The van der Waals surface area contributed by atoms with E-state index in [9.17, 15) is 19.8 Å². The number of carboxylic acids is 2. The molecular formula is C76H114N2O8. The lowest BCUT2D eigenvalue weighted by Crippen LogP contribution is -2.32. The van der Waals surface area contributed by atoms with E-state index in [2.05, 4.69) is 187 Å². The summed E-state index contributed by atoms with van der Waals surface area (Å²) in [7, 11) is 0. The smallest absolute Gasteiger partial charge is 0.341 e. The predicted molar refractivity (Wildman–Crippen MR) is 355 cm³/mol. The topological polar surface area (TPSA) is 134 Å². The zero-order chi connectivity index (χ0) is 65.1. The maximum Gasteiger partial charge on any atom is 0.341 e. The lowest BCUT2D eigenvalue weighted by atomic mass is 9.69. The molecule has 0 aromatic heterocycles. The molecule has 0 radical (unpaired) electrons. The van der Waals surface area contributed by atoms with Crippen LogP contribution in [0.15, 0.2) is 48.5 Å². The number of hydrogen-bond donors (Lipinski definition) is 2. The van der Waals surface area contributed by atoms with Crippen molar-refractivity contribution in [2.75, 3.05) is 39.4 Å². The second-order valence-corrected chi connectivity index (χ2v) is 32.8. The third-order valence-corrected chi connectivity index (χ3v) is 17.5. The molecule has 0 aliphatic heterocycles. The van der Waals surface area contributed by atoms with E-state index in [0.29, 0.717) is 63.4 Å². The van der Waals surface area contributed by atoms with Crippen LogP contribution in [-0.4, -0.2) is 83.2 Å². The fourth-order valence-corrected chi connectivity index (χ4v) is 15.1. The Morgan fingerprint density at radius 1 is 0.360 bits per heavy atom. The molecule has 476 valence electrons. The average Bonchev–Trinajstić information content (AvgIpc) is 0.934. The van der Waals surface area contributed by atoms with Gasteiger partial charge in [0.1, 0.15) is 11.5 Å². The van der Waals surface area contributed by atoms with E-state index >= 15 is 9.59 Å². The predicted octanol–water partition coefficient (Wildman–Crippen LogP) is 17.0. The van der Waals surface area contributed by atoms with Crippen molar-refractivity contribution in [2.45, 2.75) is 252 Å². The van der Waals surface area contributed by atoms with Gasteiger partial charge in [0.05, 0.1) is 12.8 Å². The van der Waals surface area contributed by atoms with E-state index in [1.165, 1.54) is 0 Å². The summed E-state index contributed by atoms with van der Waals surface area (Å²) in [4.78, 5) is 59.6. The zero-order valence-electron chi connectivity index (χ0n) is 58.2. The largest absolute Gasteiger partial charge is 0.481 e. The monoisotopic (exact) mass is 1180 g/mol. The van der Waals surface area contributed by atoms with Crippen LogP contribution in [-0.2, 0) is 79.4 Å². The standard InChI is InChI=1S/C76H114N2O8/c1-25-77(26-2)63(79)41-61-49-29-53-37-59(75(21,22)47-71(11,12)13)39-55(67(53)85-43-65(81)82)31-51-35-58(74(19,20)46-70(8,9)10)36-52(62(51)42-64(80)78(27-3)28-4)32-56-40-60(76(23,24)48-72(14,15)16)38-54(68(56)86-44-66(83)84)30-50(61)34-57(33-49)73(17,18)45-69(5,6)7/h33-40H,25-32,41-48H2,1-24H3,(H,81,82)(H,83,84). The first-order valence-corrected chi connectivity index (χ1v) is 32.2. The zero-order valence-corrected chi connectivity index (χ0v) is 58.2. The Bertz CT molecular complexity index is 2780. The summed E-state index contributed by atoms with van der Waals surface area (Å²) in [5.74, 6) is -1.19. The Balaban J connectivity index is 2.22. The van der Waals surface area contributed by atoms with Gasteiger partial charge in [0.15, 0.2) is 13.2 Å². The molecule has 8 bridgehead atoms. The molecule has 0 spiro atoms. The number of likely N-dealkylation sites (N-methyl/N-ethyl adjacent to an activating group) is 2. The number of nitrogens with zero attached hydrogens (tertiary/aromatic N) is 2. The summed E-state index contributed by atoms with van der Waals surface area (Å²) in [5.41, 5.74) is 11.6. The van der Waals surface area contributed by atoms with E-state index in [0.717, 1.165) is 104 Å². The van der Waals surface area contributed by atoms with Crippen LogP contribution < -0.4 is 9.47 Å². The SMILES string of the molecule is CCN(CC)C(=O)Cc1c2cc(C(C)(C)CC(C)(C)C)cc1Cc1cc(C(C)(C)CC(C)(C)C)cc(c1OCC(=O)O)Cc1cc(C(C)(C)CC(C)(C)C)cc(c1CC(=O)N(CC)CC)Cc1cc(C(C)(C)CC(C)(C)C)cc(c1OCC(=O)O)C2. The molecule has 1 aliphatic rings. The summed E-state index contributed by atoms with van der Waals surface area (Å²) in [6.45, 7) is 54.6. The van der Waals surface area contributed by atoms with E-state index < -0.39 is 25.2 Å². The van der Waals surface area contributed by atoms with Crippen molar-refractivity contribution < 1.29 is 38.9 Å². The Kier molecular flexibility index (Phi) is 22.3. The van der Waals surface area contributed by atoms with Gasteiger partial charge in [-0.05, 0) is 175 Å². The lowest BCUT2D eigenvalue weighted by Gasteiger charge is -2.36. The summed E-state index contributed by atoms with van der Waals surface area (Å²) in [6, 6.07) is 18.2. The molecule has 4 aromatic rings. The third-order valence-electron chi connectivity index (χ3n) is 17.5. The van der Waals surface area contributed by atoms with E-state index in [1.807, 2.05) is 37.5 Å². The molecule has 10 nitrogen and oxygen atoms in total. The number of fused-ring (bicyclic) bond motifs is 8. The first kappa shape index (κ1) is 71.1. The van der Waals surface area contributed by atoms with E-state index in [-0.39, 0.29) is 68.0 Å². The molecular weight excluding hydrogens is 1070 g/mol. The van der Waals surface area contributed by atoms with Crippen molar-refractivity contribution in [3.05, 3.63) is 126 Å². The molecule has 10 heteroatoms. The number of rotatable bonds is 22. The van der Waals surface area contributed by atoms with Crippen LogP contribution in [0.2, 0.25) is 0 Å². The lowest BCUT2D eigenvalue weighted by molar-refractivity contribution is -0.140. The Labute approximate surface area is 521 Å². The van der Waals surface area contributed by atoms with Gasteiger partial charge in [0.2, 0.25) is 11.8 Å². The fraction of sp³-hybridized carbons (Fsp3) is 0.632. The highest BCUT2D eigenvalue weighted by Gasteiger charge is 2.36. The second kappa shape index (κ2) is 27.0. The highest BCUT2D eigenvalue weighted by molar-refractivity contribution is 5.81. The van der Waals surface area contributed by atoms with Crippen LogP contribution in [0.1, 0.15) is 270 Å². The van der Waals surface area contributed by atoms with Gasteiger partial charge >= 0.3 is 11.9 Å². The van der Waals surface area contributed by atoms with Crippen molar-refractivity contribution in [3.8, 4) is 11.5 Å². The molecule has 0 saturated heterocycles. The van der Waals surface area contributed by atoms with Crippen molar-refractivity contribution in [3.63, 3.8) is 0 Å². The second-order valence-electron chi connectivity index (χ2n) is 32.8. The minimum Gasteiger partial charge on any atom is -0.481 e. The summed E-state index contributed by atoms with van der Waals surface area (Å²) < 4.78 is 13.5. The Morgan fingerprint density at radius 3 is 0.733 bits per heavy atom. The van der Waals surface area contributed by atoms with Crippen molar-refractivity contribution >= 4 is 23.8 Å². The molecule has 0 atom stereocenters. The molecule has 5 rings (SSSR count). The van der Waals surface area contributed by atoms with Gasteiger partial charge < -0.3 is 29.5 Å². The molecule has 0 unspecified atom stereocenters. The Morgan fingerprint density at radius 2 is 0.558 bits per heavy atom. The quantitative estimate of drug-likeness (QED) is 0.0700. The van der Waals surface area contributed by atoms with Crippen LogP contribution in [0.4, 0.5) is 0 Å². The molecule has 4 aromatic carbocycles. The van der Waals surface area contributed by atoms with Crippen molar-refractivity contribution in [2.24, 2.45) is 21.7 Å². The minimum atomic E-state index is -1.09. The third kappa shape index (κ3) is 19.2. The van der Waals surface area contributed by atoms with Gasteiger partial charge in [0, 0.05) is 51.9 Å². The van der Waals surface area contributed by atoms with Gasteiger partial charge in [-0.25, -0.2) is 9.59 Å². The number of benzene rings is 4. The number of hydrogen-bond acceptors (Lipinski definition) is 6. The van der Waals surface area contributed by atoms with Gasteiger partial charge in [-0.3, -0.25) is 9.59 Å². The molecule has 1 aliphatic carbocycles. The summed E-state index contributed by atoms with van der Waals surface area (Å²) in [5, 5.41) is 21.1. The highest BCUT2D eigenvalue weighted by atomic mass is 16.5. The number of aliphatic carboxylic acids is 2. The number of amides is 2. The van der Waals surface area contributed by atoms with Gasteiger partial charge in [-0.1, -0.05) is 187 Å².